The molecule has 1 atom stereocenters. The zero-order valence-corrected chi connectivity index (χ0v) is 16.4. The van der Waals surface area contributed by atoms with Gasteiger partial charge in [0.05, 0.1) is 19.1 Å². The van der Waals surface area contributed by atoms with Crippen molar-refractivity contribution in [2.75, 3.05) is 7.11 Å². The molecule has 154 valence electrons. The number of halogens is 1. The van der Waals surface area contributed by atoms with Crippen LogP contribution in [-0.4, -0.2) is 24.3 Å². The molecule has 1 heterocycles. The average molecular weight is 400 g/mol. The molecule has 1 unspecified atom stereocenters. The number of hydrogen-bond donors (Lipinski definition) is 1. The number of fused-ring (bicyclic) bond motifs is 1. The number of carboxylic acids is 1. The number of rotatable bonds is 5. The van der Waals surface area contributed by atoms with Crippen molar-refractivity contribution < 1.29 is 28.5 Å². The highest BCUT2D eigenvalue weighted by molar-refractivity contribution is 5.70. The summed E-state index contributed by atoms with van der Waals surface area (Å²) < 4.78 is 31.5. The first kappa shape index (κ1) is 19.6. The number of aryl methyl sites for hydroxylation is 1. The fourth-order valence-corrected chi connectivity index (χ4v) is 4.27. The van der Waals surface area contributed by atoms with Crippen LogP contribution in [0.25, 0.3) is 0 Å². The van der Waals surface area contributed by atoms with Crippen molar-refractivity contribution in [3.8, 4) is 17.2 Å². The van der Waals surface area contributed by atoms with E-state index in [1.165, 1.54) is 13.2 Å². The van der Waals surface area contributed by atoms with Crippen molar-refractivity contribution >= 4 is 5.97 Å². The summed E-state index contributed by atoms with van der Waals surface area (Å²) >= 11 is 0. The van der Waals surface area contributed by atoms with E-state index >= 15 is 0 Å². The van der Waals surface area contributed by atoms with Crippen molar-refractivity contribution in [3.63, 3.8) is 0 Å². The second-order valence-electron chi connectivity index (χ2n) is 7.71. The minimum Gasteiger partial charge on any atom is -0.493 e. The number of methoxy groups -OCH3 is 1. The van der Waals surface area contributed by atoms with Gasteiger partial charge < -0.3 is 19.3 Å². The predicted molar refractivity (Wildman–Crippen MR) is 105 cm³/mol. The van der Waals surface area contributed by atoms with Gasteiger partial charge in [0.15, 0.2) is 11.6 Å². The Morgan fingerprint density at radius 3 is 2.66 bits per heavy atom. The molecule has 0 radical (unpaired) electrons. The summed E-state index contributed by atoms with van der Waals surface area (Å²) in [5.41, 5.74) is 1.78. The van der Waals surface area contributed by atoms with Crippen LogP contribution in [0.1, 0.15) is 49.3 Å². The second kappa shape index (κ2) is 8.31. The maximum Gasteiger partial charge on any atom is 0.306 e. The normalized spacial score (nSPS) is 23.6. The van der Waals surface area contributed by atoms with Crippen molar-refractivity contribution in [3.05, 3.63) is 53.3 Å². The third kappa shape index (κ3) is 4.16. The zero-order valence-electron chi connectivity index (χ0n) is 16.4. The molecule has 2 aromatic rings. The second-order valence-corrected chi connectivity index (χ2v) is 7.71. The zero-order chi connectivity index (χ0) is 20.4. The van der Waals surface area contributed by atoms with Gasteiger partial charge in [0.25, 0.3) is 0 Å². The molecule has 0 saturated heterocycles. The Bertz CT molecular complexity index is 889. The maximum atomic E-state index is 14.0. The van der Waals surface area contributed by atoms with Crippen LogP contribution in [0.2, 0.25) is 0 Å². The van der Waals surface area contributed by atoms with Gasteiger partial charge in [-0.25, -0.2) is 4.39 Å². The van der Waals surface area contributed by atoms with Crippen LogP contribution >= 0.6 is 0 Å². The first-order valence-electron chi connectivity index (χ1n) is 10.1. The van der Waals surface area contributed by atoms with Crippen LogP contribution in [0.3, 0.4) is 0 Å². The number of ether oxygens (including phenoxy) is 3. The monoisotopic (exact) mass is 400 g/mol. The number of benzene rings is 2. The van der Waals surface area contributed by atoms with Crippen LogP contribution in [0, 0.1) is 11.7 Å². The third-order valence-corrected chi connectivity index (χ3v) is 5.85. The molecule has 1 aliphatic carbocycles. The Morgan fingerprint density at radius 1 is 1.14 bits per heavy atom. The Hall–Kier alpha value is -2.76. The topological polar surface area (TPSA) is 65.0 Å². The first-order valence-corrected chi connectivity index (χ1v) is 10.1. The van der Waals surface area contributed by atoms with E-state index in [-0.39, 0.29) is 29.7 Å². The lowest BCUT2D eigenvalue weighted by molar-refractivity contribution is -0.143. The summed E-state index contributed by atoms with van der Waals surface area (Å²) in [6.07, 6.45) is 4.14. The Morgan fingerprint density at radius 2 is 1.93 bits per heavy atom. The van der Waals surface area contributed by atoms with Crippen LogP contribution in [-0.2, 0) is 11.2 Å². The lowest BCUT2D eigenvalue weighted by Crippen LogP contribution is -2.27. The van der Waals surface area contributed by atoms with Gasteiger partial charge in [-0.3, -0.25) is 4.79 Å². The quantitative estimate of drug-likeness (QED) is 0.772. The molecule has 29 heavy (non-hydrogen) atoms. The van der Waals surface area contributed by atoms with E-state index in [4.69, 9.17) is 19.3 Å². The van der Waals surface area contributed by atoms with Crippen molar-refractivity contribution in [1.82, 2.24) is 0 Å². The summed E-state index contributed by atoms with van der Waals surface area (Å²) in [4.78, 5) is 11.1. The van der Waals surface area contributed by atoms with Gasteiger partial charge in [-0.2, -0.15) is 0 Å². The fraction of sp³-hybridized carbons (Fsp3) is 0.435. The van der Waals surface area contributed by atoms with E-state index < -0.39 is 5.97 Å². The minimum atomic E-state index is -0.709. The molecule has 1 fully saturated rings. The lowest BCUT2D eigenvalue weighted by atomic mass is 9.87. The van der Waals surface area contributed by atoms with E-state index in [0.29, 0.717) is 18.4 Å². The van der Waals surface area contributed by atoms with Crippen LogP contribution in [0.15, 0.2) is 36.4 Å². The molecular formula is C23H25FO5. The summed E-state index contributed by atoms with van der Waals surface area (Å²) in [5, 5.41) is 9.12. The summed E-state index contributed by atoms with van der Waals surface area (Å²) in [5.74, 6) is 0.448. The molecule has 0 bridgehead atoms. The molecule has 1 saturated carbocycles. The van der Waals surface area contributed by atoms with E-state index in [1.54, 1.807) is 6.07 Å². The van der Waals surface area contributed by atoms with Gasteiger partial charge in [0.2, 0.25) is 0 Å². The molecule has 0 amide bonds. The first-order chi connectivity index (χ1) is 14.0. The molecule has 0 aromatic heterocycles. The standard InChI is InChI=1S/C23H25FO5/c1-27-22-18(3-2-4-19(22)24)21-11-7-15-13-17(10-12-20(15)29-21)28-16-8-5-14(6-9-16)23(25)26/h2-4,10,12-14,16,21H,5-9,11H2,1H3,(H,25,26). The van der Waals surface area contributed by atoms with Gasteiger partial charge >= 0.3 is 5.97 Å². The Labute approximate surface area is 169 Å². The van der Waals surface area contributed by atoms with Crippen molar-refractivity contribution in [1.29, 1.82) is 0 Å². The summed E-state index contributed by atoms with van der Waals surface area (Å²) in [6.45, 7) is 0. The molecule has 6 heteroatoms. The average Bonchev–Trinajstić information content (AvgIpc) is 2.73. The molecule has 0 spiro atoms. The number of para-hydroxylation sites is 1. The smallest absolute Gasteiger partial charge is 0.306 e. The highest BCUT2D eigenvalue weighted by atomic mass is 19.1. The number of aliphatic carboxylic acids is 1. The number of hydrogen-bond acceptors (Lipinski definition) is 4. The number of carboxylic acid groups (broad SMARTS) is 1. The highest BCUT2D eigenvalue weighted by Gasteiger charge is 2.28. The molecular weight excluding hydrogens is 375 g/mol. The fourth-order valence-electron chi connectivity index (χ4n) is 4.27. The Balaban J connectivity index is 1.43. The molecule has 2 aromatic carbocycles. The summed E-state index contributed by atoms with van der Waals surface area (Å²) in [6, 6.07) is 10.7. The molecule has 5 nitrogen and oxygen atoms in total. The maximum absolute atomic E-state index is 14.0. The Kier molecular flexibility index (Phi) is 5.60. The van der Waals surface area contributed by atoms with Crippen molar-refractivity contribution in [2.24, 2.45) is 5.92 Å². The van der Waals surface area contributed by atoms with Crippen LogP contribution in [0.5, 0.6) is 17.2 Å². The van der Waals surface area contributed by atoms with E-state index in [0.717, 1.165) is 42.7 Å². The van der Waals surface area contributed by atoms with Crippen LogP contribution in [0.4, 0.5) is 4.39 Å². The van der Waals surface area contributed by atoms with Crippen LogP contribution < -0.4 is 14.2 Å². The largest absolute Gasteiger partial charge is 0.493 e. The van der Waals surface area contributed by atoms with Gasteiger partial charge in [0.1, 0.15) is 17.6 Å². The lowest BCUT2D eigenvalue weighted by Gasteiger charge is -2.29. The molecule has 4 rings (SSSR count). The molecule has 1 N–H and O–H groups in total. The van der Waals surface area contributed by atoms with E-state index in [1.807, 2.05) is 24.3 Å². The van der Waals surface area contributed by atoms with Gasteiger partial charge in [0, 0.05) is 5.56 Å². The highest BCUT2D eigenvalue weighted by Crippen LogP contribution is 2.40. The SMILES string of the molecule is COc1c(F)cccc1C1CCc2cc(OC3CCC(C(=O)O)CC3)ccc2O1. The molecule has 2 aliphatic rings. The number of carbonyl (C=O) groups is 1. The van der Waals surface area contributed by atoms with Gasteiger partial charge in [-0.1, -0.05) is 12.1 Å². The van der Waals surface area contributed by atoms with Crippen molar-refractivity contribution in [2.45, 2.75) is 50.7 Å². The summed E-state index contributed by atoms with van der Waals surface area (Å²) in [7, 11) is 1.46. The van der Waals surface area contributed by atoms with Gasteiger partial charge in [-0.15, -0.1) is 0 Å². The predicted octanol–water partition coefficient (Wildman–Crippen LogP) is 4.92. The molecule has 1 aliphatic heterocycles. The minimum absolute atomic E-state index is 0.0532. The van der Waals surface area contributed by atoms with Gasteiger partial charge in [-0.05, 0) is 68.4 Å². The third-order valence-electron chi connectivity index (χ3n) is 5.85. The van der Waals surface area contributed by atoms with E-state index in [2.05, 4.69) is 0 Å². The van der Waals surface area contributed by atoms with E-state index in [9.17, 15) is 9.18 Å².